The van der Waals surface area contributed by atoms with E-state index < -0.39 is 10.5 Å². The fraction of sp³-hybridized carbons (Fsp3) is 0.500. The van der Waals surface area contributed by atoms with Crippen LogP contribution in [0, 0.1) is 28.4 Å². The van der Waals surface area contributed by atoms with Crippen LogP contribution in [0.4, 0.5) is 5.69 Å². The molecular formula is C14H19N3O3. The summed E-state index contributed by atoms with van der Waals surface area (Å²) in [6, 6.07) is 6.74. The van der Waals surface area contributed by atoms with Gasteiger partial charge in [0, 0.05) is 12.1 Å². The van der Waals surface area contributed by atoms with Gasteiger partial charge in [-0.3, -0.25) is 10.1 Å². The SMILES string of the molecule is CNC(C)(C#N)CCCOc1ccc([N+](=O)[O-])cc1C. The van der Waals surface area contributed by atoms with Gasteiger partial charge in [0.25, 0.3) is 5.69 Å². The largest absolute Gasteiger partial charge is 0.493 e. The van der Waals surface area contributed by atoms with Gasteiger partial charge in [-0.25, -0.2) is 0 Å². The second-order valence-electron chi connectivity index (χ2n) is 4.85. The van der Waals surface area contributed by atoms with Crippen LogP contribution in [0.2, 0.25) is 0 Å². The van der Waals surface area contributed by atoms with Gasteiger partial charge in [0.05, 0.1) is 17.6 Å². The molecule has 0 heterocycles. The monoisotopic (exact) mass is 277 g/mol. The summed E-state index contributed by atoms with van der Waals surface area (Å²) in [6.45, 7) is 4.08. The molecule has 1 unspecified atom stereocenters. The highest BCUT2D eigenvalue weighted by Gasteiger charge is 2.20. The maximum Gasteiger partial charge on any atom is 0.269 e. The molecule has 0 bridgehead atoms. The van der Waals surface area contributed by atoms with Crippen molar-refractivity contribution in [2.24, 2.45) is 0 Å². The van der Waals surface area contributed by atoms with E-state index in [0.29, 0.717) is 18.8 Å². The summed E-state index contributed by atoms with van der Waals surface area (Å²) in [7, 11) is 1.75. The van der Waals surface area contributed by atoms with Gasteiger partial charge in [0.1, 0.15) is 11.3 Å². The first kappa shape index (κ1) is 15.9. The molecule has 1 atom stereocenters. The third-order valence-corrected chi connectivity index (χ3v) is 3.25. The van der Waals surface area contributed by atoms with Gasteiger partial charge in [-0.2, -0.15) is 5.26 Å². The minimum atomic E-state index is -0.548. The van der Waals surface area contributed by atoms with Gasteiger partial charge in [0.15, 0.2) is 0 Å². The Morgan fingerprint density at radius 3 is 2.75 bits per heavy atom. The molecular weight excluding hydrogens is 258 g/mol. The first-order valence-electron chi connectivity index (χ1n) is 6.40. The first-order chi connectivity index (χ1) is 9.41. The van der Waals surface area contributed by atoms with E-state index in [0.717, 1.165) is 12.0 Å². The van der Waals surface area contributed by atoms with Gasteiger partial charge < -0.3 is 10.1 Å². The van der Waals surface area contributed by atoms with Gasteiger partial charge in [0.2, 0.25) is 0 Å². The third-order valence-electron chi connectivity index (χ3n) is 3.25. The van der Waals surface area contributed by atoms with Crippen LogP contribution in [0.25, 0.3) is 0 Å². The maximum atomic E-state index is 10.6. The number of nitro benzene ring substituents is 1. The number of nitro groups is 1. The summed E-state index contributed by atoms with van der Waals surface area (Å²) in [5, 5.41) is 22.6. The van der Waals surface area contributed by atoms with Crippen molar-refractivity contribution in [3.05, 3.63) is 33.9 Å². The standard InChI is InChI=1S/C14H19N3O3/c1-11-9-12(17(18)19)5-6-13(11)20-8-4-7-14(2,10-15)16-3/h5-6,9,16H,4,7-8H2,1-3H3. The van der Waals surface area contributed by atoms with E-state index in [4.69, 9.17) is 10.00 Å². The van der Waals surface area contributed by atoms with Crippen molar-refractivity contribution < 1.29 is 9.66 Å². The molecule has 108 valence electrons. The Morgan fingerprint density at radius 1 is 1.55 bits per heavy atom. The highest BCUT2D eigenvalue weighted by atomic mass is 16.6. The topological polar surface area (TPSA) is 88.2 Å². The smallest absolute Gasteiger partial charge is 0.269 e. The minimum absolute atomic E-state index is 0.0575. The van der Waals surface area contributed by atoms with Gasteiger partial charge >= 0.3 is 0 Å². The van der Waals surface area contributed by atoms with Crippen molar-refractivity contribution in [1.29, 1.82) is 5.26 Å². The zero-order valence-corrected chi connectivity index (χ0v) is 12.0. The fourth-order valence-corrected chi connectivity index (χ4v) is 1.75. The average molecular weight is 277 g/mol. The van der Waals surface area contributed by atoms with Crippen molar-refractivity contribution in [3.63, 3.8) is 0 Å². The molecule has 1 N–H and O–H groups in total. The van der Waals surface area contributed by atoms with Crippen LogP contribution in [0.15, 0.2) is 18.2 Å². The number of ether oxygens (including phenoxy) is 1. The second-order valence-corrected chi connectivity index (χ2v) is 4.85. The number of nitrogens with one attached hydrogen (secondary N) is 1. The molecule has 20 heavy (non-hydrogen) atoms. The lowest BCUT2D eigenvalue weighted by Crippen LogP contribution is -2.38. The lowest BCUT2D eigenvalue weighted by Gasteiger charge is -2.20. The molecule has 0 aliphatic heterocycles. The molecule has 1 rings (SSSR count). The number of nitrogens with zero attached hydrogens (tertiary/aromatic N) is 2. The van der Waals surface area contributed by atoms with Gasteiger partial charge in [-0.1, -0.05) is 0 Å². The number of aryl methyl sites for hydroxylation is 1. The number of nitriles is 1. The predicted molar refractivity (Wildman–Crippen MR) is 75.6 cm³/mol. The Balaban J connectivity index is 2.51. The normalized spacial score (nSPS) is 13.3. The van der Waals surface area contributed by atoms with Gasteiger partial charge in [-0.15, -0.1) is 0 Å². The van der Waals surface area contributed by atoms with Gasteiger partial charge in [-0.05, 0) is 45.4 Å². The quantitative estimate of drug-likeness (QED) is 0.470. The maximum absolute atomic E-state index is 10.6. The molecule has 1 aromatic carbocycles. The van der Waals surface area contributed by atoms with E-state index in [9.17, 15) is 10.1 Å². The Kier molecular flexibility index (Phi) is 5.47. The number of rotatable bonds is 7. The Morgan fingerprint density at radius 2 is 2.25 bits per heavy atom. The number of non-ortho nitro benzene ring substituents is 1. The highest BCUT2D eigenvalue weighted by molar-refractivity contribution is 5.42. The zero-order valence-electron chi connectivity index (χ0n) is 12.0. The van der Waals surface area contributed by atoms with Crippen molar-refractivity contribution in [2.45, 2.75) is 32.2 Å². The number of benzene rings is 1. The van der Waals surface area contributed by atoms with Crippen LogP contribution in [-0.2, 0) is 0 Å². The molecule has 0 aromatic heterocycles. The molecule has 0 amide bonds. The predicted octanol–water partition coefficient (Wildman–Crippen LogP) is 2.56. The third kappa shape index (κ3) is 4.21. The van der Waals surface area contributed by atoms with E-state index in [1.165, 1.54) is 12.1 Å². The summed E-state index contributed by atoms with van der Waals surface area (Å²) in [6.07, 6.45) is 1.40. The molecule has 0 aliphatic carbocycles. The van der Waals surface area contributed by atoms with Crippen LogP contribution in [0.3, 0.4) is 0 Å². The summed E-state index contributed by atoms with van der Waals surface area (Å²) in [4.78, 5) is 10.2. The van der Waals surface area contributed by atoms with E-state index in [2.05, 4.69) is 11.4 Å². The molecule has 0 fully saturated rings. The van der Waals surface area contributed by atoms with E-state index >= 15 is 0 Å². The fourth-order valence-electron chi connectivity index (χ4n) is 1.75. The zero-order chi connectivity index (χ0) is 15.2. The molecule has 6 nitrogen and oxygen atoms in total. The number of hydrogen-bond acceptors (Lipinski definition) is 5. The Labute approximate surface area is 118 Å². The lowest BCUT2D eigenvalue weighted by molar-refractivity contribution is -0.384. The molecule has 0 saturated heterocycles. The van der Waals surface area contributed by atoms with Crippen LogP contribution in [0.5, 0.6) is 5.75 Å². The summed E-state index contributed by atoms with van der Waals surface area (Å²) >= 11 is 0. The summed E-state index contributed by atoms with van der Waals surface area (Å²) in [5.74, 6) is 0.638. The molecule has 0 saturated carbocycles. The van der Waals surface area contributed by atoms with Crippen LogP contribution < -0.4 is 10.1 Å². The molecule has 0 radical (unpaired) electrons. The van der Waals surface area contributed by atoms with Crippen molar-refractivity contribution >= 4 is 5.69 Å². The van der Waals surface area contributed by atoms with E-state index in [-0.39, 0.29) is 5.69 Å². The minimum Gasteiger partial charge on any atom is -0.493 e. The molecule has 6 heteroatoms. The first-order valence-corrected chi connectivity index (χ1v) is 6.40. The summed E-state index contributed by atoms with van der Waals surface area (Å²) in [5.41, 5.74) is 0.242. The Hall–Kier alpha value is -2.13. The summed E-state index contributed by atoms with van der Waals surface area (Å²) < 4.78 is 5.60. The highest BCUT2D eigenvalue weighted by Crippen LogP contribution is 2.23. The van der Waals surface area contributed by atoms with Crippen LogP contribution >= 0.6 is 0 Å². The van der Waals surface area contributed by atoms with E-state index in [1.54, 1.807) is 20.0 Å². The van der Waals surface area contributed by atoms with Crippen molar-refractivity contribution in [3.8, 4) is 11.8 Å². The van der Waals surface area contributed by atoms with E-state index in [1.807, 2.05) is 6.92 Å². The van der Waals surface area contributed by atoms with Crippen LogP contribution in [0.1, 0.15) is 25.3 Å². The molecule has 1 aromatic rings. The molecule has 0 aliphatic rings. The van der Waals surface area contributed by atoms with Crippen LogP contribution in [-0.4, -0.2) is 24.1 Å². The van der Waals surface area contributed by atoms with Crippen molar-refractivity contribution in [2.75, 3.05) is 13.7 Å². The van der Waals surface area contributed by atoms with Crippen molar-refractivity contribution in [1.82, 2.24) is 5.32 Å². The second kappa shape index (κ2) is 6.87. The Bertz CT molecular complexity index is 525. The average Bonchev–Trinajstić information content (AvgIpc) is 2.44. The molecule has 0 spiro atoms. The number of hydrogen-bond donors (Lipinski definition) is 1. The lowest BCUT2D eigenvalue weighted by atomic mass is 9.98.